The smallest absolute Gasteiger partial charge is 0.748 e. The van der Waals surface area contributed by atoms with Gasteiger partial charge in [-0.05, 0) is 25.7 Å². The van der Waals surface area contributed by atoms with Crippen molar-refractivity contribution in [2.75, 3.05) is 5.75 Å². The Labute approximate surface area is 138 Å². The van der Waals surface area contributed by atoms with E-state index in [4.69, 9.17) is 4.74 Å². The van der Waals surface area contributed by atoms with Gasteiger partial charge in [-0.3, -0.25) is 4.79 Å². The van der Waals surface area contributed by atoms with Crippen molar-refractivity contribution in [2.45, 2.75) is 64.9 Å². The van der Waals surface area contributed by atoms with Crippen LogP contribution < -0.4 is 29.6 Å². The molecule has 0 radical (unpaired) electrons. The molecule has 0 aromatic rings. The predicted octanol–water partition coefficient (Wildman–Crippen LogP) is -0.782. The van der Waals surface area contributed by atoms with E-state index in [1.165, 1.54) is 0 Å². The molecule has 19 heavy (non-hydrogen) atoms. The van der Waals surface area contributed by atoms with Gasteiger partial charge in [0, 0.05) is 0 Å². The molecule has 0 saturated carbocycles. The number of hydrogen-bond donors (Lipinski definition) is 0. The number of carbonyl (C=O) groups excluding carboxylic acids is 1. The Bertz CT molecular complexity index is 349. The number of unbranched alkanes of at least 4 members (excludes halogenated alkanes) is 2. The van der Waals surface area contributed by atoms with Gasteiger partial charge in [0.1, 0.15) is 21.5 Å². The van der Waals surface area contributed by atoms with E-state index >= 15 is 0 Å². The average molecular weight is 302 g/mol. The monoisotopic (exact) mass is 302 g/mol. The summed E-state index contributed by atoms with van der Waals surface area (Å²) in [6.45, 7) is 5.87. The van der Waals surface area contributed by atoms with E-state index in [1.807, 2.05) is 13.8 Å². The van der Waals surface area contributed by atoms with Crippen LogP contribution >= 0.6 is 0 Å². The van der Waals surface area contributed by atoms with E-state index < -0.39 is 27.4 Å². The molecule has 0 bridgehead atoms. The maximum absolute atomic E-state index is 11.4. The van der Waals surface area contributed by atoms with Gasteiger partial charge in [0.25, 0.3) is 0 Å². The molecular formula is C12H23NaO5S. The fourth-order valence-electron chi connectivity index (χ4n) is 1.91. The zero-order valence-electron chi connectivity index (χ0n) is 12.4. The minimum atomic E-state index is -4.56. The Balaban J connectivity index is 0. The van der Waals surface area contributed by atoms with Gasteiger partial charge in [0.05, 0.1) is 0 Å². The molecular weight excluding hydrogens is 279 g/mol. The van der Waals surface area contributed by atoms with Crippen molar-refractivity contribution in [3.8, 4) is 0 Å². The molecule has 0 amide bonds. The predicted molar refractivity (Wildman–Crippen MR) is 68.1 cm³/mol. The molecule has 0 rings (SSSR count). The molecule has 0 atom stereocenters. The maximum Gasteiger partial charge on any atom is 1.00 e. The largest absolute Gasteiger partial charge is 1.00 e. The summed E-state index contributed by atoms with van der Waals surface area (Å²) in [6, 6.07) is 0. The summed E-state index contributed by atoms with van der Waals surface area (Å²) in [5, 5.41) is 0. The van der Waals surface area contributed by atoms with Crippen LogP contribution in [-0.2, 0) is 19.6 Å². The topological polar surface area (TPSA) is 83.5 Å². The van der Waals surface area contributed by atoms with Crippen LogP contribution in [0.2, 0.25) is 0 Å². The summed E-state index contributed by atoms with van der Waals surface area (Å²) in [7, 11) is -4.56. The fourth-order valence-corrected chi connectivity index (χ4v) is 2.26. The van der Waals surface area contributed by atoms with Gasteiger partial charge in [-0.1, -0.05) is 33.6 Å². The fraction of sp³-hybridized carbons (Fsp3) is 0.917. The second kappa shape index (κ2) is 10.2. The first-order valence-electron chi connectivity index (χ1n) is 6.44. The second-order valence-corrected chi connectivity index (χ2v) is 5.93. The van der Waals surface area contributed by atoms with Crippen LogP contribution in [0.1, 0.15) is 59.3 Å². The van der Waals surface area contributed by atoms with Gasteiger partial charge in [-0.15, -0.1) is 0 Å². The van der Waals surface area contributed by atoms with Crippen LogP contribution in [0.4, 0.5) is 0 Å². The van der Waals surface area contributed by atoms with Crippen LogP contribution in [0, 0.1) is 0 Å². The molecule has 0 N–H and O–H groups in total. The van der Waals surface area contributed by atoms with Crippen molar-refractivity contribution in [3.63, 3.8) is 0 Å². The van der Waals surface area contributed by atoms with Gasteiger partial charge >= 0.3 is 35.5 Å². The number of carbonyl (C=O) groups is 1. The van der Waals surface area contributed by atoms with Gasteiger partial charge in [0.15, 0.2) is 0 Å². The van der Waals surface area contributed by atoms with Crippen LogP contribution in [-0.4, -0.2) is 30.3 Å². The summed E-state index contributed by atoms with van der Waals surface area (Å²) in [5.74, 6) is -2.02. The Kier molecular flexibility index (Phi) is 11.6. The molecule has 0 heterocycles. The molecule has 0 aliphatic carbocycles. The third-order valence-electron chi connectivity index (χ3n) is 3.15. The van der Waals surface area contributed by atoms with Crippen molar-refractivity contribution < 1.29 is 52.1 Å². The van der Waals surface area contributed by atoms with Crippen molar-refractivity contribution in [1.29, 1.82) is 0 Å². The molecule has 0 aromatic heterocycles. The van der Waals surface area contributed by atoms with Crippen LogP contribution in [0.25, 0.3) is 0 Å². The molecule has 0 aromatic carbocycles. The van der Waals surface area contributed by atoms with Crippen LogP contribution in [0.5, 0.6) is 0 Å². The Hall–Kier alpha value is 0.380. The van der Waals surface area contributed by atoms with Gasteiger partial charge in [0.2, 0.25) is 0 Å². The third kappa shape index (κ3) is 9.85. The molecule has 0 fully saturated rings. The quantitative estimate of drug-likeness (QED) is 0.241. The van der Waals surface area contributed by atoms with Gasteiger partial charge < -0.3 is 9.29 Å². The third-order valence-corrected chi connectivity index (χ3v) is 3.74. The maximum atomic E-state index is 11.4. The summed E-state index contributed by atoms with van der Waals surface area (Å²) >= 11 is 0. The van der Waals surface area contributed by atoms with E-state index in [9.17, 15) is 17.8 Å². The normalized spacial score (nSPS) is 11.8. The number of ether oxygens (including phenoxy) is 1. The minimum Gasteiger partial charge on any atom is -0.748 e. The Morgan fingerprint density at radius 1 is 1.16 bits per heavy atom. The summed E-state index contributed by atoms with van der Waals surface area (Å²) in [5.41, 5.74) is -0.628. The first-order valence-corrected chi connectivity index (χ1v) is 8.01. The van der Waals surface area contributed by atoms with E-state index in [2.05, 4.69) is 6.92 Å². The van der Waals surface area contributed by atoms with E-state index in [1.54, 1.807) is 0 Å². The zero-order chi connectivity index (χ0) is 14.2. The van der Waals surface area contributed by atoms with Crippen molar-refractivity contribution in [3.05, 3.63) is 0 Å². The molecule has 0 spiro atoms. The molecule has 0 aliphatic rings. The van der Waals surface area contributed by atoms with E-state index in [0.717, 1.165) is 19.3 Å². The van der Waals surface area contributed by atoms with Gasteiger partial charge in [-0.25, -0.2) is 8.42 Å². The molecule has 108 valence electrons. The first kappa shape index (κ1) is 21.7. The number of esters is 1. The standard InChI is InChI=1S/C12H24O5S.Na/c1-4-7-8-9-12(5-2,6-3)17-11(13)10-18(14,15)16;/h4-10H2,1-3H3,(H,14,15,16);/q;+1/p-1. The van der Waals surface area contributed by atoms with E-state index in [-0.39, 0.29) is 29.6 Å². The Morgan fingerprint density at radius 2 is 1.68 bits per heavy atom. The number of hydrogen-bond acceptors (Lipinski definition) is 5. The average Bonchev–Trinajstić information content (AvgIpc) is 2.25. The summed E-state index contributed by atoms with van der Waals surface area (Å²) in [6.07, 6.45) is 4.98. The SMILES string of the molecule is CCCCCC(CC)(CC)OC(=O)CS(=O)(=O)[O-].[Na+]. The Morgan fingerprint density at radius 3 is 2.05 bits per heavy atom. The van der Waals surface area contributed by atoms with Gasteiger partial charge in [-0.2, -0.15) is 0 Å². The second-order valence-electron chi connectivity index (χ2n) is 4.52. The van der Waals surface area contributed by atoms with Crippen molar-refractivity contribution >= 4 is 16.1 Å². The van der Waals surface area contributed by atoms with Crippen LogP contribution in [0.3, 0.4) is 0 Å². The molecule has 0 unspecified atom stereocenters. The number of rotatable bonds is 9. The summed E-state index contributed by atoms with van der Waals surface area (Å²) < 4.78 is 36.8. The molecule has 7 heteroatoms. The first-order chi connectivity index (χ1) is 8.28. The van der Waals surface area contributed by atoms with Crippen LogP contribution in [0.15, 0.2) is 0 Å². The minimum absolute atomic E-state index is 0. The van der Waals surface area contributed by atoms with Crippen molar-refractivity contribution in [2.24, 2.45) is 0 Å². The van der Waals surface area contributed by atoms with E-state index in [0.29, 0.717) is 19.3 Å². The van der Waals surface area contributed by atoms with Crippen molar-refractivity contribution in [1.82, 2.24) is 0 Å². The molecule has 5 nitrogen and oxygen atoms in total. The molecule has 0 saturated heterocycles. The summed E-state index contributed by atoms with van der Waals surface area (Å²) in [4.78, 5) is 11.4. The zero-order valence-corrected chi connectivity index (χ0v) is 15.2. The molecule has 0 aliphatic heterocycles.